The Labute approximate surface area is 123 Å². The topological polar surface area (TPSA) is 17.1 Å². The fourth-order valence-corrected chi connectivity index (χ4v) is 3.70. The smallest absolute Gasteiger partial charge is 0.174 e. The molecule has 0 radical (unpaired) electrons. The average molecular weight is 278 g/mol. The van der Waals surface area contributed by atoms with Gasteiger partial charge in [-0.25, -0.2) is 4.39 Å². The van der Waals surface area contributed by atoms with Crippen LogP contribution in [0.2, 0.25) is 0 Å². The summed E-state index contributed by atoms with van der Waals surface area (Å²) in [6, 6.07) is 12.7. The van der Waals surface area contributed by atoms with E-state index in [1.54, 1.807) is 6.07 Å². The van der Waals surface area contributed by atoms with Crippen molar-refractivity contribution in [1.29, 1.82) is 0 Å². The van der Waals surface area contributed by atoms with Crippen LogP contribution in [0, 0.1) is 5.82 Å². The van der Waals surface area contributed by atoms with Crippen LogP contribution in [-0.2, 0) is 11.8 Å². The number of carbonyl (C=O) groups is 1. The van der Waals surface area contributed by atoms with Gasteiger partial charge in [-0.2, -0.15) is 0 Å². The van der Waals surface area contributed by atoms with Crippen LogP contribution >= 0.6 is 0 Å². The summed E-state index contributed by atoms with van der Waals surface area (Å²) in [6.45, 7) is 0. The van der Waals surface area contributed by atoms with Crippen molar-refractivity contribution in [2.24, 2.45) is 0 Å². The molecule has 0 unspecified atom stereocenters. The van der Waals surface area contributed by atoms with Crippen LogP contribution in [-0.4, -0.2) is 5.78 Å². The molecule has 2 aromatic carbocycles. The van der Waals surface area contributed by atoms with Crippen LogP contribution in [0.1, 0.15) is 39.9 Å². The van der Waals surface area contributed by atoms with Crippen LogP contribution in [0.25, 0.3) is 0 Å². The molecule has 21 heavy (non-hydrogen) atoms. The summed E-state index contributed by atoms with van der Waals surface area (Å²) in [4.78, 5) is 13.2. The van der Waals surface area contributed by atoms with E-state index >= 15 is 0 Å². The number of benzene rings is 2. The van der Waals surface area contributed by atoms with Gasteiger partial charge < -0.3 is 0 Å². The van der Waals surface area contributed by atoms with Crippen molar-refractivity contribution in [3.05, 3.63) is 82.7 Å². The predicted molar refractivity (Wildman–Crippen MR) is 80.0 cm³/mol. The Bertz CT molecular complexity index is 765. The summed E-state index contributed by atoms with van der Waals surface area (Å²) in [5.74, 6) is -0.277. The first-order chi connectivity index (χ1) is 10.2. The quantitative estimate of drug-likeness (QED) is 0.660. The largest absolute Gasteiger partial charge is 0.293 e. The molecule has 2 heteroatoms. The van der Waals surface area contributed by atoms with E-state index in [2.05, 4.69) is 24.3 Å². The van der Waals surface area contributed by atoms with Crippen LogP contribution in [0.3, 0.4) is 0 Å². The fraction of sp³-hybridized carbons (Fsp3) is 0.211. The zero-order valence-corrected chi connectivity index (χ0v) is 11.6. The van der Waals surface area contributed by atoms with Gasteiger partial charge in [0.05, 0.1) is 5.41 Å². The van der Waals surface area contributed by atoms with E-state index in [0.717, 1.165) is 11.1 Å². The molecular formula is C19H15FO. The lowest BCUT2D eigenvalue weighted by Crippen LogP contribution is -2.33. The van der Waals surface area contributed by atoms with Crippen LogP contribution < -0.4 is 0 Å². The molecule has 0 aromatic heterocycles. The second-order valence-corrected chi connectivity index (χ2v) is 5.93. The summed E-state index contributed by atoms with van der Waals surface area (Å²) < 4.78 is 13.6. The van der Waals surface area contributed by atoms with Gasteiger partial charge in [0.25, 0.3) is 0 Å². The Hall–Kier alpha value is -2.22. The Morgan fingerprint density at radius 1 is 0.952 bits per heavy atom. The highest BCUT2D eigenvalue weighted by Crippen LogP contribution is 2.44. The molecule has 2 aliphatic rings. The average Bonchev–Trinajstić information content (AvgIpc) is 2.96. The van der Waals surface area contributed by atoms with Crippen molar-refractivity contribution in [1.82, 2.24) is 0 Å². The van der Waals surface area contributed by atoms with Crippen LogP contribution in [0.15, 0.2) is 54.6 Å². The first kappa shape index (κ1) is 12.5. The van der Waals surface area contributed by atoms with E-state index < -0.39 is 5.41 Å². The van der Waals surface area contributed by atoms with E-state index in [-0.39, 0.29) is 11.6 Å². The molecule has 1 nitrogen and oxygen atoms in total. The Balaban J connectivity index is 2.01. The van der Waals surface area contributed by atoms with Gasteiger partial charge in [0.1, 0.15) is 5.82 Å². The molecule has 0 amide bonds. The highest BCUT2D eigenvalue weighted by atomic mass is 19.1. The van der Waals surface area contributed by atoms with Gasteiger partial charge in [-0.1, -0.05) is 42.5 Å². The van der Waals surface area contributed by atoms with Crippen molar-refractivity contribution >= 4 is 5.78 Å². The summed E-state index contributed by atoms with van der Waals surface area (Å²) >= 11 is 0. The van der Waals surface area contributed by atoms with E-state index in [4.69, 9.17) is 0 Å². The van der Waals surface area contributed by atoms with Gasteiger partial charge in [0.2, 0.25) is 0 Å². The van der Waals surface area contributed by atoms with Crippen molar-refractivity contribution < 1.29 is 9.18 Å². The minimum atomic E-state index is -0.532. The molecule has 0 saturated heterocycles. The molecule has 4 rings (SSSR count). The summed E-state index contributed by atoms with van der Waals surface area (Å²) in [7, 11) is 0. The number of carbonyl (C=O) groups excluding carboxylic acids is 1. The van der Waals surface area contributed by atoms with Crippen molar-refractivity contribution in [2.75, 3.05) is 0 Å². The number of hydrogen-bond acceptors (Lipinski definition) is 1. The Kier molecular flexibility index (Phi) is 2.61. The molecule has 2 aliphatic carbocycles. The number of ketones is 1. The molecule has 0 aliphatic heterocycles. The fourth-order valence-electron chi connectivity index (χ4n) is 3.70. The number of Topliss-reactive ketones (excluding diaryl/α,β-unsaturated/α-hetero) is 1. The Morgan fingerprint density at radius 2 is 1.71 bits per heavy atom. The normalized spacial score (nSPS) is 18.4. The molecule has 0 saturated carbocycles. The zero-order chi connectivity index (χ0) is 14.4. The van der Waals surface area contributed by atoms with Crippen molar-refractivity contribution in [3.8, 4) is 0 Å². The van der Waals surface area contributed by atoms with E-state index in [1.165, 1.54) is 17.7 Å². The van der Waals surface area contributed by atoms with Gasteiger partial charge in [-0.3, -0.25) is 4.79 Å². The predicted octanol–water partition coefficient (Wildman–Crippen LogP) is 4.20. The van der Waals surface area contributed by atoms with Crippen LogP contribution in [0.4, 0.5) is 4.39 Å². The first-order valence-corrected chi connectivity index (χ1v) is 7.27. The Morgan fingerprint density at radius 3 is 2.52 bits per heavy atom. The van der Waals surface area contributed by atoms with E-state index in [9.17, 15) is 9.18 Å². The highest BCUT2D eigenvalue weighted by Gasteiger charge is 2.44. The standard InChI is InChI=1S/C19H15FO/c20-15-8-7-13-11-14-5-1-2-6-17(14)19(9-3-4-10-19)18(21)16(13)12-15/h1-8,12H,9-11H2. The lowest BCUT2D eigenvalue weighted by molar-refractivity contribution is 0.0891. The summed E-state index contributed by atoms with van der Waals surface area (Å²) in [5.41, 5.74) is 3.24. The molecule has 0 fully saturated rings. The maximum Gasteiger partial charge on any atom is 0.174 e. The number of halogens is 1. The lowest BCUT2D eigenvalue weighted by Gasteiger charge is -2.28. The summed E-state index contributed by atoms with van der Waals surface area (Å²) in [5, 5.41) is 0. The highest BCUT2D eigenvalue weighted by molar-refractivity contribution is 6.06. The SMILES string of the molecule is O=C1c2cc(F)ccc2Cc2ccccc2C12CC=CC2. The zero-order valence-electron chi connectivity index (χ0n) is 11.6. The third kappa shape index (κ3) is 1.72. The second-order valence-electron chi connectivity index (χ2n) is 5.93. The lowest BCUT2D eigenvalue weighted by atomic mass is 9.72. The third-order valence-electron chi connectivity index (χ3n) is 4.76. The maximum absolute atomic E-state index is 13.6. The van der Waals surface area contributed by atoms with E-state index in [0.29, 0.717) is 24.8 Å². The van der Waals surface area contributed by atoms with Crippen molar-refractivity contribution in [2.45, 2.75) is 24.7 Å². The second kappa shape index (κ2) is 4.39. The van der Waals surface area contributed by atoms with Gasteiger partial charge in [0, 0.05) is 5.56 Å². The number of fused-ring (bicyclic) bond motifs is 3. The van der Waals surface area contributed by atoms with Crippen LogP contribution in [0.5, 0.6) is 0 Å². The monoisotopic (exact) mass is 278 g/mol. The molecule has 0 atom stereocenters. The number of hydrogen-bond donors (Lipinski definition) is 0. The summed E-state index contributed by atoms with van der Waals surface area (Å²) in [6.07, 6.45) is 6.24. The molecule has 0 bridgehead atoms. The minimum Gasteiger partial charge on any atom is -0.293 e. The molecule has 0 N–H and O–H groups in total. The molecular weight excluding hydrogens is 263 g/mol. The number of rotatable bonds is 0. The third-order valence-corrected chi connectivity index (χ3v) is 4.76. The molecule has 104 valence electrons. The van der Waals surface area contributed by atoms with Gasteiger partial charge >= 0.3 is 0 Å². The van der Waals surface area contributed by atoms with Gasteiger partial charge in [0.15, 0.2) is 5.78 Å². The molecule has 1 spiro atoms. The first-order valence-electron chi connectivity index (χ1n) is 7.27. The minimum absolute atomic E-state index is 0.0620. The van der Waals surface area contributed by atoms with Crippen molar-refractivity contribution in [3.63, 3.8) is 0 Å². The van der Waals surface area contributed by atoms with Gasteiger partial charge in [-0.15, -0.1) is 0 Å². The maximum atomic E-state index is 13.6. The molecule has 2 aromatic rings. The number of allylic oxidation sites excluding steroid dienone is 2. The van der Waals surface area contributed by atoms with Gasteiger partial charge in [-0.05, 0) is 48.1 Å². The molecule has 0 heterocycles. The van der Waals surface area contributed by atoms with E-state index in [1.807, 2.05) is 12.1 Å².